The van der Waals surface area contributed by atoms with Crippen molar-refractivity contribution in [3.05, 3.63) is 55.9 Å². The summed E-state index contributed by atoms with van der Waals surface area (Å²) in [6.45, 7) is 13.0. The van der Waals surface area contributed by atoms with Crippen molar-refractivity contribution < 1.29 is 0 Å². The number of allylic oxidation sites excluding steroid dienone is 3. The molecule has 1 aliphatic rings. The van der Waals surface area contributed by atoms with E-state index in [0.717, 1.165) is 13.0 Å². The summed E-state index contributed by atoms with van der Waals surface area (Å²) in [5, 5.41) is 4.24. The fraction of sp³-hybridized carbons (Fsp3) is 0.438. The zero-order chi connectivity index (χ0) is 13.0. The first-order chi connectivity index (χ1) is 8.74. The van der Waals surface area contributed by atoms with E-state index in [1.807, 2.05) is 23.1 Å². The van der Waals surface area contributed by atoms with E-state index in [1.54, 1.807) is 0 Å². The van der Waals surface area contributed by atoms with Gasteiger partial charge in [-0.2, -0.15) is 5.10 Å². The highest BCUT2D eigenvalue weighted by atomic mass is 15.3. The van der Waals surface area contributed by atoms with Gasteiger partial charge in [0.25, 0.3) is 0 Å². The smallest absolute Gasteiger partial charge is 0.0619 e. The number of rotatable bonds is 5. The number of hydrogen-bond donors (Lipinski definition) is 0. The van der Waals surface area contributed by atoms with Gasteiger partial charge in [-0.1, -0.05) is 24.3 Å². The van der Waals surface area contributed by atoms with E-state index in [2.05, 4.69) is 37.0 Å². The van der Waals surface area contributed by atoms with Crippen molar-refractivity contribution in [1.82, 2.24) is 9.78 Å². The molecule has 0 aromatic carbocycles. The van der Waals surface area contributed by atoms with E-state index in [9.17, 15) is 0 Å². The predicted molar refractivity (Wildman–Crippen MR) is 76.1 cm³/mol. The summed E-state index contributed by atoms with van der Waals surface area (Å²) in [6, 6.07) is 1.95. The lowest BCUT2D eigenvalue weighted by molar-refractivity contribution is 0.273. The molecule has 3 atom stereocenters. The Morgan fingerprint density at radius 3 is 2.67 bits per heavy atom. The zero-order valence-electron chi connectivity index (χ0n) is 11.0. The molecule has 0 saturated heterocycles. The Kier molecular flexibility index (Phi) is 4.19. The maximum Gasteiger partial charge on any atom is 0.0619 e. The number of nitrogens with zero attached hydrogens (tertiary/aromatic N) is 2. The van der Waals surface area contributed by atoms with Crippen molar-refractivity contribution in [2.45, 2.75) is 25.8 Å². The van der Waals surface area contributed by atoms with E-state index < -0.39 is 0 Å². The molecule has 1 aromatic heterocycles. The molecule has 2 heteroatoms. The van der Waals surface area contributed by atoms with E-state index in [1.165, 1.54) is 18.4 Å². The highest BCUT2D eigenvalue weighted by molar-refractivity contribution is 5.07. The molecule has 1 aromatic rings. The summed E-state index contributed by atoms with van der Waals surface area (Å²) in [5.74, 6) is 1.74. The summed E-state index contributed by atoms with van der Waals surface area (Å²) in [7, 11) is 0. The molecule has 0 bridgehead atoms. The maximum absolute atomic E-state index is 4.25. The normalized spacial score (nSPS) is 27.7. The van der Waals surface area contributed by atoms with Crippen molar-refractivity contribution in [2.75, 3.05) is 0 Å². The van der Waals surface area contributed by atoms with Gasteiger partial charge < -0.3 is 0 Å². The second-order valence-electron chi connectivity index (χ2n) is 5.17. The van der Waals surface area contributed by atoms with Crippen LogP contribution in [0.1, 0.15) is 19.3 Å². The van der Waals surface area contributed by atoms with Crippen LogP contribution in [-0.4, -0.2) is 9.78 Å². The van der Waals surface area contributed by atoms with Gasteiger partial charge in [-0.15, -0.1) is 13.2 Å². The van der Waals surface area contributed by atoms with Crippen LogP contribution in [0, 0.1) is 17.8 Å². The van der Waals surface area contributed by atoms with Gasteiger partial charge in [0.1, 0.15) is 0 Å². The highest BCUT2D eigenvalue weighted by Gasteiger charge is 2.28. The molecule has 0 unspecified atom stereocenters. The van der Waals surface area contributed by atoms with Crippen LogP contribution in [0.5, 0.6) is 0 Å². The first-order valence-corrected chi connectivity index (χ1v) is 6.64. The molecule has 1 saturated carbocycles. The largest absolute Gasteiger partial charge is 0.269 e. The Balaban J connectivity index is 1.95. The second-order valence-corrected chi connectivity index (χ2v) is 5.17. The van der Waals surface area contributed by atoms with Gasteiger partial charge in [0.05, 0.1) is 6.54 Å². The van der Waals surface area contributed by atoms with Crippen LogP contribution >= 0.6 is 0 Å². The summed E-state index contributed by atoms with van der Waals surface area (Å²) in [4.78, 5) is 0. The van der Waals surface area contributed by atoms with Crippen molar-refractivity contribution >= 4 is 0 Å². The summed E-state index contributed by atoms with van der Waals surface area (Å²) >= 11 is 0. The minimum atomic E-state index is 0.552. The Hall–Kier alpha value is -1.57. The average Bonchev–Trinajstić information content (AvgIpc) is 2.90. The average molecular weight is 242 g/mol. The molecule has 2 rings (SSSR count). The number of aromatic nitrogens is 2. The fourth-order valence-electron chi connectivity index (χ4n) is 2.89. The van der Waals surface area contributed by atoms with E-state index in [-0.39, 0.29) is 0 Å². The van der Waals surface area contributed by atoms with Crippen LogP contribution in [0.2, 0.25) is 0 Å². The summed E-state index contributed by atoms with van der Waals surface area (Å²) < 4.78 is 1.95. The molecule has 1 aliphatic carbocycles. The van der Waals surface area contributed by atoms with E-state index in [0.29, 0.717) is 17.8 Å². The van der Waals surface area contributed by atoms with Crippen LogP contribution in [0.3, 0.4) is 0 Å². The molecule has 0 radical (unpaired) electrons. The quantitative estimate of drug-likeness (QED) is 0.717. The summed E-state index contributed by atoms with van der Waals surface area (Å²) in [6.07, 6.45) is 11.5. The summed E-state index contributed by atoms with van der Waals surface area (Å²) in [5.41, 5.74) is 1.29. The second kappa shape index (κ2) is 5.85. The molecule has 96 valence electrons. The van der Waals surface area contributed by atoms with Gasteiger partial charge in [-0.05, 0) is 43.1 Å². The van der Waals surface area contributed by atoms with Crippen molar-refractivity contribution in [3.63, 3.8) is 0 Å². The van der Waals surface area contributed by atoms with Crippen molar-refractivity contribution in [3.8, 4) is 0 Å². The molecule has 18 heavy (non-hydrogen) atoms. The third-order valence-electron chi connectivity index (χ3n) is 4.06. The van der Waals surface area contributed by atoms with E-state index in [4.69, 9.17) is 0 Å². The molecular formula is C16H22N2. The van der Waals surface area contributed by atoms with Crippen molar-refractivity contribution in [1.29, 1.82) is 0 Å². The minimum Gasteiger partial charge on any atom is -0.269 e. The zero-order valence-corrected chi connectivity index (χ0v) is 11.0. The lowest BCUT2D eigenvalue weighted by Gasteiger charge is -2.34. The topological polar surface area (TPSA) is 17.8 Å². The van der Waals surface area contributed by atoms with Crippen molar-refractivity contribution in [2.24, 2.45) is 17.8 Å². The molecule has 1 fully saturated rings. The Morgan fingerprint density at radius 2 is 2.06 bits per heavy atom. The van der Waals surface area contributed by atoms with Crippen LogP contribution in [0.25, 0.3) is 0 Å². The molecule has 0 N–H and O–H groups in total. The van der Waals surface area contributed by atoms with Crippen LogP contribution in [0.15, 0.2) is 55.9 Å². The van der Waals surface area contributed by atoms with Gasteiger partial charge in [0.15, 0.2) is 0 Å². The lowest BCUT2D eigenvalue weighted by atomic mass is 9.72. The minimum absolute atomic E-state index is 0.552. The first-order valence-electron chi connectivity index (χ1n) is 6.64. The highest BCUT2D eigenvalue weighted by Crippen LogP contribution is 2.38. The number of hydrogen-bond acceptors (Lipinski definition) is 1. The Labute approximate surface area is 110 Å². The SMILES string of the molecule is C=C[C@@H]1CC[C@@H](C(=C)Cn2cccn2)C[C@H]1C=C. The monoisotopic (exact) mass is 242 g/mol. The third-order valence-corrected chi connectivity index (χ3v) is 4.06. The van der Waals surface area contributed by atoms with Gasteiger partial charge in [0, 0.05) is 12.4 Å². The standard InChI is InChI=1S/C16H22N2/c1-4-14-7-8-16(11-15(14)5-2)13(3)12-18-10-6-9-17-18/h4-6,9-10,14-16H,1-3,7-8,11-12H2/t14-,15-,16-/m1/s1. The van der Waals surface area contributed by atoms with Crippen LogP contribution < -0.4 is 0 Å². The van der Waals surface area contributed by atoms with E-state index >= 15 is 0 Å². The molecule has 0 aliphatic heterocycles. The maximum atomic E-state index is 4.25. The van der Waals surface area contributed by atoms with Gasteiger partial charge in [-0.3, -0.25) is 4.68 Å². The molecule has 0 spiro atoms. The molecular weight excluding hydrogens is 220 g/mol. The lowest BCUT2D eigenvalue weighted by Crippen LogP contribution is -2.24. The van der Waals surface area contributed by atoms with Gasteiger partial charge in [-0.25, -0.2) is 0 Å². The predicted octanol–water partition coefficient (Wildman–Crippen LogP) is 3.84. The molecule has 2 nitrogen and oxygen atoms in total. The molecule has 1 heterocycles. The third kappa shape index (κ3) is 2.81. The Bertz CT molecular complexity index is 416. The molecule has 0 amide bonds. The first kappa shape index (κ1) is 12.9. The van der Waals surface area contributed by atoms with Crippen LogP contribution in [-0.2, 0) is 6.54 Å². The Morgan fingerprint density at radius 1 is 1.28 bits per heavy atom. The van der Waals surface area contributed by atoms with Gasteiger partial charge in [0.2, 0.25) is 0 Å². The van der Waals surface area contributed by atoms with Gasteiger partial charge >= 0.3 is 0 Å². The van der Waals surface area contributed by atoms with Crippen LogP contribution in [0.4, 0.5) is 0 Å². The fourth-order valence-corrected chi connectivity index (χ4v) is 2.89.